The van der Waals surface area contributed by atoms with Crippen molar-refractivity contribution in [2.45, 2.75) is 32.8 Å². The van der Waals surface area contributed by atoms with Gasteiger partial charge in [0.25, 0.3) is 0 Å². The summed E-state index contributed by atoms with van der Waals surface area (Å²) in [6, 6.07) is 4.32. The minimum Gasteiger partial charge on any atom is -0.370 e. The Morgan fingerprint density at radius 2 is 2.25 bits per heavy atom. The fourth-order valence-electron chi connectivity index (χ4n) is 2.44. The van der Waals surface area contributed by atoms with E-state index in [-0.39, 0.29) is 6.10 Å². The number of benzene rings is 1. The Hall–Kier alpha value is -1.35. The number of hydrogen-bond donors (Lipinski definition) is 1. The summed E-state index contributed by atoms with van der Waals surface area (Å²) in [5.41, 5.74) is 4.71. The Kier molecular flexibility index (Phi) is 2.21. The number of hydrogen-bond acceptors (Lipinski definition) is 2. The first-order valence-electron chi connectivity index (χ1n) is 5.82. The summed E-state index contributed by atoms with van der Waals surface area (Å²) in [6.45, 7) is 5.08. The van der Waals surface area contributed by atoms with E-state index in [0.29, 0.717) is 0 Å². The predicted molar refractivity (Wildman–Crippen MR) is 63.5 cm³/mol. The van der Waals surface area contributed by atoms with E-state index >= 15 is 0 Å². The second-order valence-corrected chi connectivity index (χ2v) is 4.60. The van der Waals surface area contributed by atoms with Gasteiger partial charge in [0.15, 0.2) is 0 Å². The molecule has 0 radical (unpaired) electrons. The number of nitrogens with zero attached hydrogens (tertiary/aromatic N) is 1. The van der Waals surface area contributed by atoms with Gasteiger partial charge in [0.1, 0.15) is 11.9 Å². The third-order valence-electron chi connectivity index (χ3n) is 3.17. The van der Waals surface area contributed by atoms with Crippen molar-refractivity contribution in [2.75, 3.05) is 6.61 Å². The van der Waals surface area contributed by atoms with Gasteiger partial charge >= 0.3 is 0 Å². The van der Waals surface area contributed by atoms with Crippen LogP contribution in [0.25, 0.3) is 11.0 Å². The molecule has 84 valence electrons. The summed E-state index contributed by atoms with van der Waals surface area (Å²) < 4.78 is 5.64. The van der Waals surface area contributed by atoms with Crippen LogP contribution in [0.15, 0.2) is 12.1 Å². The van der Waals surface area contributed by atoms with Gasteiger partial charge in [-0.15, -0.1) is 0 Å². The van der Waals surface area contributed by atoms with Crippen molar-refractivity contribution >= 4 is 11.0 Å². The van der Waals surface area contributed by atoms with E-state index in [4.69, 9.17) is 4.74 Å². The molecular formula is C13H16N2O. The minimum atomic E-state index is 0.173. The van der Waals surface area contributed by atoms with Gasteiger partial charge in [-0.2, -0.15) is 0 Å². The highest BCUT2D eigenvalue weighted by molar-refractivity contribution is 5.79. The van der Waals surface area contributed by atoms with Crippen molar-refractivity contribution in [3.63, 3.8) is 0 Å². The lowest BCUT2D eigenvalue weighted by molar-refractivity contribution is 0.106. The SMILES string of the molecule is Cc1cc(C)c2nc([C@@H]3CCCO3)[nH]c2c1. The van der Waals surface area contributed by atoms with E-state index in [1.165, 1.54) is 11.1 Å². The lowest BCUT2D eigenvalue weighted by atomic mass is 10.1. The smallest absolute Gasteiger partial charge is 0.136 e. The second-order valence-electron chi connectivity index (χ2n) is 4.60. The number of aryl methyl sites for hydroxylation is 2. The van der Waals surface area contributed by atoms with Crippen LogP contribution >= 0.6 is 0 Å². The molecule has 0 aliphatic carbocycles. The second kappa shape index (κ2) is 3.59. The van der Waals surface area contributed by atoms with Crippen LogP contribution < -0.4 is 0 Å². The molecule has 16 heavy (non-hydrogen) atoms. The van der Waals surface area contributed by atoms with Crippen LogP contribution in [0.2, 0.25) is 0 Å². The Morgan fingerprint density at radius 3 is 3.00 bits per heavy atom. The number of fused-ring (bicyclic) bond motifs is 1. The summed E-state index contributed by atoms with van der Waals surface area (Å²) in [5, 5.41) is 0. The van der Waals surface area contributed by atoms with Crippen molar-refractivity contribution in [1.29, 1.82) is 0 Å². The third-order valence-corrected chi connectivity index (χ3v) is 3.17. The van der Waals surface area contributed by atoms with Crippen LogP contribution in [0.1, 0.15) is 35.9 Å². The topological polar surface area (TPSA) is 37.9 Å². The predicted octanol–water partition coefficient (Wildman–Crippen LogP) is 3.03. The molecule has 0 bridgehead atoms. The number of nitrogens with one attached hydrogen (secondary N) is 1. The Morgan fingerprint density at radius 1 is 1.38 bits per heavy atom. The first-order valence-corrected chi connectivity index (χ1v) is 5.82. The van der Waals surface area contributed by atoms with Gasteiger partial charge in [0.2, 0.25) is 0 Å². The van der Waals surface area contributed by atoms with Crippen LogP contribution in [0.3, 0.4) is 0 Å². The average Bonchev–Trinajstić information content (AvgIpc) is 2.82. The maximum atomic E-state index is 5.64. The molecule has 2 aromatic rings. The molecule has 0 unspecified atom stereocenters. The first kappa shape index (κ1) is 9.85. The zero-order valence-electron chi connectivity index (χ0n) is 9.71. The molecular weight excluding hydrogens is 200 g/mol. The van der Waals surface area contributed by atoms with Gasteiger partial charge in [-0.1, -0.05) is 6.07 Å². The Labute approximate surface area is 94.8 Å². The third kappa shape index (κ3) is 1.52. The highest BCUT2D eigenvalue weighted by Gasteiger charge is 2.21. The van der Waals surface area contributed by atoms with Crippen molar-refractivity contribution in [1.82, 2.24) is 9.97 Å². The number of imidazole rings is 1. The Bertz CT molecular complexity index is 524. The lowest BCUT2D eigenvalue weighted by Crippen LogP contribution is -1.97. The quantitative estimate of drug-likeness (QED) is 0.795. The molecule has 3 nitrogen and oxygen atoms in total. The maximum Gasteiger partial charge on any atom is 0.136 e. The highest BCUT2D eigenvalue weighted by Crippen LogP contribution is 2.29. The van der Waals surface area contributed by atoms with Gasteiger partial charge in [-0.3, -0.25) is 0 Å². The number of ether oxygens (including phenoxy) is 1. The molecule has 3 heteroatoms. The molecule has 1 N–H and O–H groups in total. The Balaban J connectivity index is 2.11. The molecule has 0 spiro atoms. The normalized spacial score (nSPS) is 20.8. The van der Waals surface area contributed by atoms with Gasteiger partial charge < -0.3 is 9.72 Å². The average molecular weight is 216 g/mol. The monoisotopic (exact) mass is 216 g/mol. The van der Waals surface area contributed by atoms with E-state index in [9.17, 15) is 0 Å². The lowest BCUT2D eigenvalue weighted by Gasteiger charge is -2.03. The van der Waals surface area contributed by atoms with E-state index in [2.05, 4.69) is 35.9 Å². The number of rotatable bonds is 1. The molecule has 0 saturated carbocycles. The molecule has 1 aromatic carbocycles. The molecule has 1 saturated heterocycles. The molecule has 0 amide bonds. The maximum absolute atomic E-state index is 5.64. The van der Waals surface area contributed by atoms with E-state index in [0.717, 1.165) is 36.3 Å². The van der Waals surface area contributed by atoms with E-state index in [1.54, 1.807) is 0 Å². The minimum absolute atomic E-state index is 0.173. The number of H-pyrrole nitrogens is 1. The molecule has 1 fully saturated rings. The molecule has 3 rings (SSSR count). The summed E-state index contributed by atoms with van der Waals surface area (Å²) >= 11 is 0. The van der Waals surface area contributed by atoms with Crippen molar-refractivity contribution in [3.8, 4) is 0 Å². The molecule has 2 heterocycles. The summed E-state index contributed by atoms with van der Waals surface area (Å²) in [5.74, 6) is 0.987. The number of aromatic amines is 1. The zero-order chi connectivity index (χ0) is 11.1. The molecule has 1 aromatic heterocycles. The highest BCUT2D eigenvalue weighted by atomic mass is 16.5. The summed E-state index contributed by atoms with van der Waals surface area (Å²) in [7, 11) is 0. The number of aromatic nitrogens is 2. The molecule has 1 aliphatic heterocycles. The fourth-order valence-corrected chi connectivity index (χ4v) is 2.44. The van der Waals surface area contributed by atoms with E-state index < -0.39 is 0 Å². The molecule has 1 aliphatic rings. The summed E-state index contributed by atoms with van der Waals surface area (Å²) in [4.78, 5) is 8.04. The van der Waals surface area contributed by atoms with Crippen LogP contribution in [-0.4, -0.2) is 16.6 Å². The summed E-state index contributed by atoms with van der Waals surface area (Å²) in [6.07, 6.45) is 2.39. The fraction of sp³-hybridized carbons (Fsp3) is 0.462. The van der Waals surface area contributed by atoms with Crippen molar-refractivity contribution < 1.29 is 4.74 Å². The van der Waals surface area contributed by atoms with Crippen molar-refractivity contribution in [3.05, 3.63) is 29.1 Å². The standard InChI is InChI=1S/C13H16N2O/c1-8-6-9(2)12-10(7-8)14-13(15-12)11-4-3-5-16-11/h6-7,11H,3-5H2,1-2H3,(H,14,15)/t11-/m0/s1. The first-order chi connectivity index (χ1) is 7.74. The van der Waals surface area contributed by atoms with Crippen LogP contribution in [0, 0.1) is 13.8 Å². The van der Waals surface area contributed by atoms with Gasteiger partial charge in [-0.25, -0.2) is 4.98 Å². The van der Waals surface area contributed by atoms with Crippen LogP contribution in [0.4, 0.5) is 0 Å². The van der Waals surface area contributed by atoms with Crippen LogP contribution in [0.5, 0.6) is 0 Å². The largest absolute Gasteiger partial charge is 0.370 e. The van der Waals surface area contributed by atoms with Gasteiger partial charge in [-0.05, 0) is 43.9 Å². The van der Waals surface area contributed by atoms with Gasteiger partial charge in [0, 0.05) is 6.61 Å². The van der Waals surface area contributed by atoms with Gasteiger partial charge in [0.05, 0.1) is 11.0 Å². The van der Waals surface area contributed by atoms with Crippen molar-refractivity contribution in [2.24, 2.45) is 0 Å². The van der Waals surface area contributed by atoms with Crippen LogP contribution in [-0.2, 0) is 4.74 Å². The molecule has 1 atom stereocenters. The van der Waals surface area contributed by atoms with E-state index in [1.807, 2.05) is 0 Å². The zero-order valence-corrected chi connectivity index (χ0v) is 9.71.